The maximum absolute atomic E-state index is 12.3. The van der Waals surface area contributed by atoms with E-state index < -0.39 is 16.7 Å². The minimum absolute atomic E-state index is 0.0246. The smallest absolute Gasteiger partial charge is 0.270 e. The van der Waals surface area contributed by atoms with Gasteiger partial charge in [-0.3, -0.25) is 24.6 Å². The summed E-state index contributed by atoms with van der Waals surface area (Å²) in [4.78, 5) is 35.7. The van der Waals surface area contributed by atoms with Gasteiger partial charge in [-0.15, -0.1) is 0 Å². The maximum Gasteiger partial charge on any atom is 0.270 e. The third-order valence-electron chi connectivity index (χ3n) is 3.45. The van der Waals surface area contributed by atoms with Crippen LogP contribution in [0.3, 0.4) is 0 Å². The lowest BCUT2D eigenvalue weighted by atomic mass is 10.1. The molecule has 0 N–H and O–H groups in total. The highest BCUT2D eigenvalue weighted by molar-refractivity contribution is 6.31. The molecule has 2 amide bonds. The highest BCUT2D eigenvalue weighted by atomic mass is 35.5. The number of imide groups is 1. The number of benzene rings is 2. The number of carbonyl (C=O) groups excluding carboxylic acids is 2. The van der Waals surface area contributed by atoms with E-state index in [0.29, 0.717) is 16.7 Å². The van der Waals surface area contributed by atoms with Gasteiger partial charge in [-0.05, 0) is 23.8 Å². The molecule has 2 aromatic carbocycles. The van der Waals surface area contributed by atoms with Gasteiger partial charge in [-0.1, -0.05) is 23.7 Å². The molecule has 1 aliphatic rings. The number of halogens is 1. The van der Waals surface area contributed by atoms with Crippen molar-refractivity contribution in [3.05, 3.63) is 74.3 Å². The minimum Gasteiger partial charge on any atom is -0.270 e. The molecule has 1 aliphatic heterocycles. The second-order valence-electron chi connectivity index (χ2n) is 4.77. The van der Waals surface area contributed by atoms with Gasteiger partial charge in [0, 0.05) is 12.1 Å². The van der Waals surface area contributed by atoms with Crippen LogP contribution < -0.4 is 0 Å². The molecule has 1 heterocycles. The monoisotopic (exact) mass is 316 g/mol. The van der Waals surface area contributed by atoms with E-state index in [1.54, 1.807) is 24.3 Å². The van der Waals surface area contributed by atoms with Crippen LogP contribution in [0.15, 0.2) is 42.5 Å². The zero-order valence-electron chi connectivity index (χ0n) is 11.2. The van der Waals surface area contributed by atoms with Crippen molar-refractivity contribution < 1.29 is 14.5 Å². The molecule has 7 heteroatoms. The lowest BCUT2D eigenvalue weighted by Crippen LogP contribution is -2.29. The molecule has 0 spiro atoms. The van der Waals surface area contributed by atoms with Crippen LogP contribution >= 0.6 is 11.6 Å². The fourth-order valence-electron chi connectivity index (χ4n) is 2.33. The van der Waals surface area contributed by atoms with Gasteiger partial charge in [-0.2, -0.15) is 0 Å². The molecule has 0 saturated heterocycles. The normalized spacial score (nSPS) is 13.4. The molecule has 0 saturated carbocycles. The zero-order chi connectivity index (χ0) is 15.9. The number of amides is 2. The predicted octanol–water partition coefficient (Wildman–Crippen LogP) is 3.04. The molecule has 2 aromatic rings. The van der Waals surface area contributed by atoms with Crippen molar-refractivity contribution in [3.8, 4) is 0 Å². The van der Waals surface area contributed by atoms with Crippen LogP contribution in [0.1, 0.15) is 26.3 Å². The number of nitro benzene ring substituents is 1. The van der Waals surface area contributed by atoms with Crippen molar-refractivity contribution in [1.82, 2.24) is 4.90 Å². The summed E-state index contributed by atoms with van der Waals surface area (Å²) in [6.45, 7) is -0.0246. The summed E-state index contributed by atoms with van der Waals surface area (Å²) >= 11 is 6.00. The van der Waals surface area contributed by atoms with Crippen molar-refractivity contribution in [2.24, 2.45) is 0 Å². The van der Waals surface area contributed by atoms with Crippen molar-refractivity contribution in [2.75, 3.05) is 0 Å². The molecule has 0 radical (unpaired) electrons. The van der Waals surface area contributed by atoms with E-state index in [1.165, 1.54) is 18.2 Å². The van der Waals surface area contributed by atoms with Crippen LogP contribution in [0.25, 0.3) is 0 Å². The fourth-order valence-corrected chi connectivity index (χ4v) is 2.57. The molecule has 0 aromatic heterocycles. The molecule has 22 heavy (non-hydrogen) atoms. The zero-order valence-corrected chi connectivity index (χ0v) is 11.9. The quantitative estimate of drug-likeness (QED) is 0.495. The molecule has 0 bridgehead atoms. The van der Waals surface area contributed by atoms with Gasteiger partial charge in [0.1, 0.15) is 0 Å². The molecule has 0 atom stereocenters. The minimum atomic E-state index is -0.558. The van der Waals surface area contributed by atoms with E-state index >= 15 is 0 Å². The second-order valence-corrected chi connectivity index (χ2v) is 5.18. The summed E-state index contributed by atoms with van der Waals surface area (Å²) < 4.78 is 0. The maximum atomic E-state index is 12.3. The van der Waals surface area contributed by atoms with Crippen molar-refractivity contribution in [3.63, 3.8) is 0 Å². The average Bonchev–Trinajstić information content (AvgIpc) is 2.74. The Balaban J connectivity index is 1.91. The van der Waals surface area contributed by atoms with Gasteiger partial charge in [-0.25, -0.2) is 0 Å². The lowest BCUT2D eigenvalue weighted by Gasteiger charge is -2.14. The van der Waals surface area contributed by atoms with Gasteiger partial charge in [0.2, 0.25) is 0 Å². The summed E-state index contributed by atoms with van der Waals surface area (Å²) in [5, 5.41) is 10.8. The van der Waals surface area contributed by atoms with E-state index in [0.717, 1.165) is 4.90 Å². The van der Waals surface area contributed by atoms with Crippen LogP contribution in [0, 0.1) is 10.1 Å². The summed E-state index contributed by atoms with van der Waals surface area (Å²) in [6.07, 6.45) is 0. The van der Waals surface area contributed by atoms with Crippen LogP contribution in [-0.2, 0) is 6.54 Å². The van der Waals surface area contributed by atoms with Gasteiger partial charge in [0.15, 0.2) is 0 Å². The van der Waals surface area contributed by atoms with E-state index in [4.69, 9.17) is 11.6 Å². The summed E-state index contributed by atoms with van der Waals surface area (Å²) in [5.74, 6) is -0.787. The first-order valence-corrected chi connectivity index (χ1v) is 6.75. The first-order chi connectivity index (χ1) is 10.5. The third-order valence-corrected chi connectivity index (χ3v) is 3.81. The Labute approximate surface area is 130 Å². The Morgan fingerprint density at radius 1 is 1.05 bits per heavy atom. The van der Waals surface area contributed by atoms with Crippen molar-refractivity contribution in [2.45, 2.75) is 6.54 Å². The second kappa shape index (κ2) is 5.23. The number of hydrogen-bond acceptors (Lipinski definition) is 4. The Kier molecular flexibility index (Phi) is 3.38. The van der Waals surface area contributed by atoms with Crippen LogP contribution in [0.4, 0.5) is 5.69 Å². The van der Waals surface area contributed by atoms with Gasteiger partial charge >= 0.3 is 0 Å². The van der Waals surface area contributed by atoms with Crippen molar-refractivity contribution in [1.29, 1.82) is 0 Å². The standard InChI is InChI=1S/C15H9ClN2O4/c16-13-7-10(18(21)22)6-5-9(13)8-17-14(19)11-3-1-2-4-12(11)15(17)20/h1-7H,8H2. The molecule has 0 aliphatic carbocycles. The number of nitro groups is 1. The molecular weight excluding hydrogens is 308 g/mol. The number of hydrogen-bond donors (Lipinski definition) is 0. The molecule has 110 valence electrons. The molecule has 0 fully saturated rings. The van der Waals surface area contributed by atoms with Crippen LogP contribution in [0.2, 0.25) is 5.02 Å². The fraction of sp³-hybridized carbons (Fsp3) is 0.0667. The topological polar surface area (TPSA) is 80.5 Å². The first-order valence-electron chi connectivity index (χ1n) is 6.37. The average molecular weight is 317 g/mol. The lowest BCUT2D eigenvalue weighted by molar-refractivity contribution is -0.384. The number of nitrogens with zero attached hydrogens (tertiary/aromatic N) is 2. The van der Waals surface area contributed by atoms with E-state index in [9.17, 15) is 19.7 Å². The number of rotatable bonds is 3. The van der Waals surface area contributed by atoms with Gasteiger partial charge < -0.3 is 0 Å². The third kappa shape index (κ3) is 2.23. The molecular formula is C15H9ClN2O4. The Hall–Kier alpha value is -2.73. The van der Waals surface area contributed by atoms with Crippen LogP contribution in [0.5, 0.6) is 0 Å². The highest BCUT2D eigenvalue weighted by Crippen LogP contribution is 2.28. The molecule has 0 unspecified atom stereocenters. The van der Waals surface area contributed by atoms with Gasteiger partial charge in [0.05, 0.1) is 27.6 Å². The largest absolute Gasteiger partial charge is 0.270 e. The Morgan fingerprint density at radius 2 is 1.64 bits per heavy atom. The molecule has 3 rings (SSSR count). The SMILES string of the molecule is O=C1c2ccccc2C(=O)N1Cc1ccc([N+](=O)[O-])cc1Cl. The van der Waals surface area contributed by atoms with Crippen LogP contribution in [-0.4, -0.2) is 21.6 Å². The van der Waals surface area contributed by atoms with E-state index in [1.807, 2.05) is 0 Å². The van der Waals surface area contributed by atoms with Gasteiger partial charge in [0.25, 0.3) is 17.5 Å². The number of non-ortho nitro benzene ring substituents is 1. The summed E-state index contributed by atoms with van der Waals surface area (Å²) in [7, 11) is 0. The predicted molar refractivity (Wildman–Crippen MR) is 78.8 cm³/mol. The number of fused-ring (bicyclic) bond motifs is 1. The first kappa shape index (κ1) is 14.2. The summed E-state index contributed by atoms with van der Waals surface area (Å²) in [6, 6.07) is 10.5. The number of carbonyl (C=O) groups is 2. The van der Waals surface area contributed by atoms with E-state index in [2.05, 4.69) is 0 Å². The molecule has 6 nitrogen and oxygen atoms in total. The Bertz CT molecular complexity index is 784. The van der Waals surface area contributed by atoms with E-state index in [-0.39, 0.29) is 17.3 Å². The highest BCUT2D eigenvalue weighted by Gasteiger charge is 2.35. The summed E-state index contributed by atoms with van der Waals surface area (Å²) in [5.41, 5.74) is 1.04. The Morgan fingerprint density at radius 3 is 2.14 bits per heavy atom. The van der Waals surface area contributed by atoms with Crippen molar-refractivity contribution >= 4 is 29.1 Å².